The number of anilines is 1. The predicted molar refractivity (Wildman–Crippen MR) is 93.4 cm³/mol. The number of aromatic nitrogens is 3. The average molecular weight is 341 g/mol. The van der Waals surface area contributed by atoms with E-state index >= 15 is 0 Å². The Morgan fingerprint density at radius 1 is 1.21 bits per heavy atom. The Hall–Kier alpha value is -2.15. The molecule has 0 spiro atoms. The van der Waals surface area contributed by atoms with Crippen LogP contribution in [-0.2, 0) is 0 Å². The van der Waals surface area contributed by atoms with Gasteiger partial charge in [-0.15, -0.1) is 0 Å². The van der Waals surface area contributed by atoms with Crippen LogP contribution in [0.5, 0.6) is 0 Å². The highest BCUT2D eigenvalue weighted by Crippen LogP contribution is 2.35. The summed E-state index contributed by atoms with van der Waals surface area (Å²) in [5.41, 5.74) is 1.51. The zero-order valence-electron chi connectivity index (χ0n) is 13.7. The van der Waals surface area contributed by atoms with Gasteiger partial charge in [-0.05, 0) is 37.3 Å². The van der Waals surface area contributed by atoms with Crippen molar-refractivity contribution >= 4 is 23.5 Å². The van der Waals surface area contributed by atoms with E-state index in [2.05, 4.69) is 19.9 Å². The molecule has 3 saturated heterocycles. The molecule has 1 amide bonds. The largest absolute Gasteiger partial charge is 0.352 e. The zero-order chi connectivity index (χ0) is 16.7. The molecule has 124 valence electrons. The second-order valence-electron chi connectivity index (χ2n) is 6.23. The van der Waals surface area contributed by atoms with Crippen molar-refractivity contribution in [3.05, 3.63) is 41.9 Å². The van der Waals surface area contributed by atoms with Crippen LogP contribution in [0.2, 0.25) is 0 Å². The molecule has 3 aliphatic heterocycles. The van der Waals surface area contributed by atoms with Gasteiger partial charge in [0.25, 0.3) is 5.91 Å². The summed E-state index contributed by atoms with van der Waals surface area (Å²) in [6.07, 6.45) is 6.53. The molecule has 0 radical (unpaired) electrons. The van der Waals surface area contributed by atoms with Crippen LogP contribution in [0.3, 0.4) is 0 Å². The SMILES string of the molecule is CSc1nccc(N2CC3CC(C2)N3C(=O)c2ncccc2C)n1. The van der Waals surface area contributed by atoms with Crippen molar-refractivity contribution in [1.29, 1.82) is 0 Å². The summed E-state index contributed by atoms with van der Waals surface area (Å²) in [7, 11) is 0. The third-order valence-electron chi connectivity index (χ3n) is 4.77. The van der Waals surface area contributed by atoms with Crippen LogP contribution in [0.1, 0.15) is 22.5 Å². The fraction of sp³-hybridized carbons (Fsp3) is 0.412. The van der Waals surface area contributed by atoms with Gasteiger partial charge < -0.3 is 9.80 Å². The van der Waals surface area contributed by atoms with Crippen LogP contribution < -0.4 is 4.90 Å². The fourth-order valence-electron chi connectivity index (χ4n) is 3.57. The van der Waals surface area contributed by atoms with Crippen molar-refractivity contribution in [3.63, 3.8) is 0 Å². The highest BCUT2D eigenvalue weighted by molar-refractivity contribution is 7.98. The van der Waals surface area contributed by atoms with Gasteiger partial charge in [0, 0.05) is 25.5 Å². The van der Waals surface area contributed by atoms with E-state index in [0.717, 1.165) is 36.0 Å². The van der Waals surface area contributed by atoms with Gasteiger partial charge in [0.2, 0.25) is 0 Å². The number of thioether (sulfide) groups is 1. The highest BCUT2D eigenvalue weighted by atomic mass is 32.2. The van der Waals surface area contributed by atoms with Crippen molar-refractivity contribution in [2.45, 2.75) is 30.6 Å². The van der Waals surface area contributed by atoms with E-state index in [0.29, 0.717) is 5.69 Å². The second-order valence-corrected chi connectivity index (χ2v) is 7.00. The second kappa shape index (κ2) is 6.05. The number of hydrogen-bond acceptors (Lipinski definition) is 6. The summed E-state index contributed by atoms with van der Waals surface area (Å²) in [6, 6.07) is 6.23. The maximum Gasteiger partial charge on any atom is 0.273 e. The first-order valence-electron chi connectivity index (χ1n) is 8.03. The molecule has 2 bridgehead atoms. The molecule has 0 aromatic carbocycles. The number of rotatable bonds is 3. The van der Waals surface area contributed by atoms with E-state index in [1.54, 1.807) is 24.2 Å². The number of hydrogen-bond donors (Lipinski definition) is 0. The molecule has 5 heterocycles. The van der Waals surface area contributed by atoms with E-state index in [9.17, 15) is 4.79 Å². The number of piperidine rings is 1. The molecule has 2 unspecified atom stereocenters. The van der Waals surface area contributed by atoms with E-state index in [1.165, 1.54) is 0 Å². The maximum absolute atomic E-state index is 12.8. The lowest BCUT2D eigenvalue weighted by molar-refractivity contribution is 0.00515. The summed E-state index contributed by atoms with van der Waals surface area (Å²) >= 11 is 1.54. The number of piperazine rings is 1. The summed E-state index contributed by atoms with van der Waals surface area (Å²) in [4.78, 5) is 30.2. The van der Waals surface area contributed by atoms with E-state index in [4.69, 9.17) is 0 Å². The Morgan fingerprint density at radius 2 is 2.00 bits per heavy atom. The topological polar surface area (TPSA) is 62.2 Å². The van der Waals surface area contributed by atoms with Gasteiger partial charge in [-0.2, -0.15) is 0 Å². The Labute approximate surface area is 145 Å². The predicted octanol–water partition coefficient (Wildman–Crippen LogP) is 2.01. The van der Waals surface area contributed by atoms with Crippen molar-refractivity contribution in [2.24, 2.45) is 0 Å². The van der Waals surface area contributed by atoms with Gasteiger partial charge in [-0.25, -0.2) is 9.97 Å². The number of aryl methyl sites for hydroxylation is 1. The minimum Gasteiger partial charge on any atom is -0.352 e. The molecule has 24 heavy (non-hydrogen) atoms. The first-order valence-corrected chi connectivity index (χ1v) is 9.26. The van der Waals surface area contributed by atoms with E-state index in [1.807, 2.05) is 36.3 Å². The molecule has 6 nitrogen and oxygen atoms in total. The van der Waals surface area contributed by atoms with Crippen LogP contribution >= 0.6 is 11.8 Å². The molecule has 2 atom stereocenters. The molecule has 0 N–H and O–H groups in total. The molecule has 0 saturated carbocycles. The van der Waals surface area contributed by atoms with Crippen molar-refractivity contribution in [1.82, 2.24) is 19.9 Å². The third-order valence-corrected chi connectivity index (χ3v) is 5.33. The summed E-state index contributed by atoms with van der Waals surface area (Å²) in [5.74, 6) is 1.01. The smallest absolute Gasteiger partial charge is 0.273 e. The van der Waals surface area contributed by atoms with Crippen LogP contribution in [0.15, 0.2) is 35.7 Å². The lowest BCUT2D eigenvalue weighted by Crippen LogP contribution is -2.70. The molecule has 0 aliphatic carbocycles. The molecule has 3 fully saturated rings. The lowest BCUT2D eigenvalue weighted by atomic mass is 9.86. The van der Waals surface area contributed by atoms with Gasteiger partial charge in [0.05, 0.1) is 12.1 Å². The number of carbonyl (C=O) groups excluding carboxylic acids is 1. The quantitative estimate of drug-likeness (QED) is 0.629. The number of nitrogens with zero attached hydrogens (tertiary/aromatic N) is 5. The Morgan fingerprint density at radius 3 is 2.71 bits per heavy atom. The average Bonchev–Trinajstić information content (AvgIpc) is 2.62. The Balaban J connectivity index is 1.51. The molecular formula is C17H19N5OS. The molecule has 3 aliphatic rings. The molecule has 5 rings (SSSR count). The molecular weight excluding hydrogens is 322 g/mol. The zero-order valence-corrected chi connectivity index (χ0v) is 14.5. The minimum atomic E-state index is 0.0569. The minimum absolute atomic E-state index is 0.0569. The van der Waals surface area contributed by atoms with Crippen LogP contribution in [0.4, 0.5) is 5.82 Å². The Bertz CT molecular complexity index is 771. The Kier molecular flexibility index (Phi) is 3.88. The maximum atomic E-state index is 12.8. The van der Waals surface area contributed by atoms with Gasteiger partial charge in [-0.3, -0.25) is 9.78 Å². The van der Waals surface area contributed by atoms with Crippen molar-refractivity contribution in [3.8, 4) is 0 Å². The molecule has 2 aromatic heterocycles. The lowest BCUT2D eigenvalue weighted by Gasteiger charge is -2.56. The van der Waals surface area contributed by atoms with Gasteiger partial charge in [0.1, 0.15) is 11.5 Å². The van der Waals surface area contributed by atoms with Crippen LogP contribution in [-0.4, -0.2) is 57.2 Å². The van der Waals surface area contributed by atoms with E-state index < -0.39 is 0 Å². The molecule has 7 heteroatoms. The van der Waals surface area contributed by atoms with Gasteiger partial charge in [0.15, 0.2) is 5.16 Å². The van der Waals surface area contributed by atoms with Crippen LogP contribution in [0.25, 0.3) is 0 Å². The standard InChI is InChI=1S/C17H19N5OS/c1-11-4-3-6-18-15(11)16(23)22-12-8-13(22)10-21(9-12)14-5-7-19-17(20-14)24-2/h3-7,12-13H,8-10H2,1-2H3. The summed E-state index contributed by atoms with van der Waals surface area (Å²) < 4.78 is 0. The van der Waals surface area contributed by atoms with E-state index in [-0.39, 0.29) is 18.0 Å². The summed E-state index contributed by atoms with van der Waals surface area (Å²) in [6.45, 7) is 3.57. The van der Waals surface area contributed by atoms with Gasteiger partial charge in [-0.1, -0.05) is 17.8 Å². The number of carbonyl (C=O) groups is 1. The number of fused-ring (bicyclic) bond motifs is 2. The van der Waals surface area contributed by atoms with Gasteiger partial charge >= 0.3 is 0 Å². The third kappa shape index (κ3) is 2.53. The van der Waals surface area contributed by atoms with Crippen molar-refractivity contribution < 1.29 is 4.79 Å². The molecule has 2 aromatic rings. The highest BCUT2D eigenvalue weighted by Gasteiger charge is 2.48. The fourth-order valence-corrected chi connectivity index (χ4v) is 3.92. The first kappa shape index (κ1) is 15.4. The number of pyridine rings is 1. The normalized spacial score (nSPS) is 22.2. The van der Waals surface area contributed by atoms with Crippen LogP contribution in [0, 0.1) is 6.92 Å². The van der Waals surface area contributed by atoms with Crippen molar-refractivity contribution in [2.75, 3.05) is 24.2 Å². The number of amides is 1. The first-order chi connectivity index (χ1) is 11.7. The summed E-state index contributed by atoms with van der Waals surface area (Å²) in [5, 5.41) is 0.781. The monoisotopic (exact) mass is 341 g/mol.